The normalized spacial score (nSPS) is 19.4. The molecule has 4 nitrogen and oxygen atoms in total. The van der Waals surface area contributed by atoms with E-state index in [9.17, 15) is 9.90 Å². The Labute approximate surface area is 113 Å². The summed E-state index contributed by atoms with van der Waals surface area (Å²) in [7, 11) is 0. The second kappa shape index (κ2) is 6.06. The predicted octanol–water partition coefficient (Wildman–Crippen LogP) is 1.96. The van der Waals surface area contributed by atoms with Crippen molar-refractivity contribution in [3.8, 4) is 5.75 Å². The van der Waals surface area contributed by atoms with Crippen LogP contribution in [-0.2, 0) is 11.2 Å². The van der Waals surface area contributed by atoms with E-state index in [1.54, 1.807) is 6.92 Å². The molecule has 19 heavy (non-hydrogen) atoms. The number of aliphatic hydroxyl groups is 1. The summed E-state index contributed by atoms with van der Waals surface area (Å²) in [5.41, 5.74) is 1.98. The molecule has 0 bridgehead atoms. The van der Waals surface area contributed by atoms with Crippen molar-refractivity contribution in [2.45, 2.75) is 45.3 Å². The maximum atomic E-state index is 11.7. The third-order valence-electron chi connectivity index (χ3n) is 3.46. The van der Waals surface area contributed by atoms with Gasteiger partial charge >= 0.3 is 0 Å². The maximum Gasteiger partial charge on any atom is 0.260 e. The van der Waals surface area contributed by atoms with Crippen LogP contribution >= 0.6 is 0 Å². The molecular formula is C15H21NO3. The highest BCUT2D eigenvalue weighted by Crippen LogP contribution is 2.35. The lowest BCUT2D eigenvalue weighted by molar-refractivity contribution is -0.127. The monoisotopic (exact) mass is 263 g/mol. The molecule has 2 rings (SSSR count). The average Bonchev–Trinajstić information content (AvgIpc) is 2.40. The van der Waals surface area contributed by atoms with Gasteiger partial charge in [-0.1, -0.05) is 12.1 Å². The lowest BCUT2D eigenvalue weighted by atomic mass is 9.89. The lowest BCUT2D eigenvalue weighted by Crippen LogP contribution is -2.36. The van der Waals surface area contributed by atoms with Crippen molar-refractivity contribution >= 4 is 5.91 Å². The van der Waals surface area contributed by atoms with Gasteiger partial charge in [-0.05, 0) is 50.3 Å². The van der Waals surface area contributed by atoms with Gasteiger partial charge in [-0.2, -0.15) is 0 Å². The molecule has 2 unspecified atom stereocenters. The van der Waals surface area contributed by atoms with Gasteiger partial charge in [0.1, 0.15) is 5.75 Å². The van der Waals surface area contributed by atoms with E-state index in [2.05, 4.69) is 5.32 Å². The third-order valence-corrected chi connectivity index (χ3v) is 3.46. The van der Waals surface area contributed by atoms with Crippen LogP contribution in [0.25, 0.3) is 0 Å². The summed E-state index contributed by atoms with van der Waals surface area (Å²) < 4.78 is 5.75. The highest BCUT2D eigenvalue weighted by molar-refractivity contribution is 5.80. The minimum Gasteiger partial charge on any atom is -0.481 e. The first kappa shape index (κ1) is 13.9. The van der Waals surface area contributed by atoms with Crippen LogP contribution in [0, 0.1) is 0 Å². The number of ether oxygens (including phenoxy) is 1. The molecule has 4 heteroatoms. The fraction of sp³-hybridized carbons (Fsp3) is 0.533. The summed E-state index contributed by atoms with van der Waals surface area (Å²) in [6.07, 6.45) is 1.70. The first-order chi connectivity index (χ1) is 9.13. The zero-order chi connectivity index (χ0) is 13.8. The number of carbonyl (C=O) groups excluding carboxylic acids is 1. The average molecular weight is 263 g/mol. The molecule has 1 aliphatic carbocycles. The molecule has 0 fully saturated rings. The second-order valence-corrected chi connectivity index (χ2v) is 4.89. The molecule has 0 heterocycles. The van der Waals surface area contributed by atoms with Crippen LogP contribution in [0.3, 0.4) is 0 Å². The second-order valence-electron chi connectivity index (χ2n) is 4.89. The van der Waals surface area contributed by atoms with Crippen LogP contribution in [0.5, 0.6) is 5.75 Å². The number of hydrogen-bond acceptors (Lipinski definition) is 3. The van der Waals surface area contributed by atoms with Crippen molar-refractivity contribution in [2.75, 3.05) is 6.54 Å². The van der Waals surface area contributed by atoms with E-state index in [0.717, 1.165) is 36.1 Å². The molecule has 0 spiro atoms. The van der Waals surface area contributed by atoms with Crippen molar-refractivity contribution < 1.29 is 14.6 Å². The first-order valence-corrected chi connectivity index (χ1v) is 6.87. The molecule has 104 valence electrons. The van der Waals surface area contributed by atoms with Crippen LogP contribution in [0.15, 0.2) is 18.2 Å². The summed E-state index contributed by atoms with van der Waals surface area (Å²) in [6, 6.07) is 5.67. The van der Waals surface area contributed by atoms with Crippen molar-refractivity contribution in [1.29, 1.82) is 0 Å². The van der Waals surface area contributed by atoms with Crippen LogP contribution in [0.4, 0.5) is 0 Å². The van der Waals surface area contributed by atoms with E-state index in [1.165, 1.54) is 0 Å². The minimum absolute atomic E-state index is 0.114. The minimum atomic E-state index is -0.523. The topological polar surface area (TPSA) is 58.6 Å². The van der Waals surface area contributed by atoms with E-state index in [4.69, 9.17) is 4.74 Å². The molecule has 0 radical (unpaired) electrons. The standard InChI is InChI=1S/C15H21NO3/c1-3-16-15(18)10(2)19-14-9-5-6-11-12(14)7-4-8-13(11)17/h5-6,9-10,13,17H,3-4,7-8H2,1-2H3,(H,16,18). The Balaban J connectivity index is 2.17. The summed E-state index contributed by atoms with van der Waals surface area (Å²) in [5.74, 6) is 0.603. The highest BCUT2D eigenvalue weighted by Gasteiger charge is 2.22. The summed E-state index contributed by atoms with van der Waals surface area (Å²) in [4.78, 5) is 11.7. The van der Waals surface area contributed by atoms with Crippen LogP contribution in [0.2, 0.25) is 0 Å². The summed E-state index contributed by atoms with van der Waals surface area (Å²) in [6.45, 7) is 4.22. The first-order valence-electron chi connectivity index (χ1n) is 6.87. The molecule has 2 atom stereocenters. The molecule has 0 saturated heterocycles. The predicted molar refractivity (Wildman–Crippen MR) is 73.1 cm³/mol. The zero-order valence-electron chi connectivity index (χ0n) is 11.5. The van der Waals surface area contributed by atoms with E-state index >= 15 is 0 Å². The zero-order valence-corrected chi connectivity index (χ0v) is 11.5. The van der Waals surface area contributed by atoms with Crippen LogP contribution in [-0.4, -0.2) is 23.7 Å². The Kier molecular flexibility index (Phi) is 4.43. The van der Waals surface area contributed by atoms with Crippen molar-refractivity contribution in [1.82, 2.24) is 5.32 Å². The maximum absolute atomic E-state index is 11.7. The lowest BCUT2D eigenvalue weighted by Gasteiger charge is -2.25. The smallest absolute Gasteiger partial charge is 0.260 e. The number of fused-ring (bicyclic) bond motifs is 1. The number of amides is 1. The van der Waals surface area contributed by atoms with Crippen LogP contribution < -0.4 is 10.1 Å². The quantitative estimate of drug-likeness (QED) is 0.873. The van der Waals surface area contributed by atoms with Gasteiger partial charge in [-0.25, -0.2) is 0 Å². The largest absolute Gasteiger partial charge is 0.481 e. The fourth-order valence-corrected chi connectivity index (χ4v) is 2.46. The Hall–Kier alpha value is -1.55. The molecule has 2 N–H and O–H groups in total. The summed E-state index contributed by atoms with van der Waals surface area (Å²) in [5, 5.41) is 12.7. The molecule has 1 amide bonds. The number of rotatable bonds is 4. The summed E-state index contributed by atoms with van der Waals surface area (Å²) >= 11 is 0. The Morgan fingerprint density at radius 3 is 3.11 bits per heavy atom. The molecule has 0 aromatic heterocycles. The van der Waals surface area contributed by atoms with Gasteiger partial charge in [0.2, 0.25) is 0 Å². The molecule has 1 aromatic rings. The molecular weight excluding hydrogens is 242 g/mol. The van der Waals surface area contributed by atoms with Crippen LogP contribution in [0.1, 0.15) is 43.9 Å². The van der Waals surface area contributed by atoms with Gasteiger partial charge in [-0.3, -0.25) is 4.79 Å². The van der Waals surface area contributed by atoms with Gasteiger partial charge in [0.25, 0.3) is 5.91 Å². The van der Waals surface area contributed by atoms with Gasteiger partial charge in [-0.15, -0.1) is 0 Å². The van der Waals surface area contributed by atoms with Crippen molar-refractivity contribution in [3.63, 3.8) is 0 Å². The fourth-order valence-electron chi connectivity index (χ4n) is 2.46. The van der Waals surface area contributed by atoms with Crippen molar-refractivity contribution in [3.05, 3.63) is 29.3 Å². The molecule has 0 saturated carbocycles. The molecule has 0 aliphatic heterocycles. The van der Waals surface area contributed by atoms with Crippen molar-refractivity contribution in [2.24, 2.45) is 0 Å². The molecule has 1 aliphatic rings. The van der Waals surface area contributed by atoms with Gasteiger partial charge in [0.15, 0.2) is 6.10 Å². The number of nitrogens with one attached hydrogen (secondary N) is 1. The van der Waals surface area contributed by atoms with Gasteiger partial charge < -0.3 is 15.2 Å². The number of hydrogen-bond donors (Lipinski definition) is 2. The number of benzene rings is 1. The van der Waals surface area contributed by atoms with E-state index in [-0.39, 0.29) is 5.91 Å². The number of aliphatic hydroxyl groups excluding tert-OH is 1. The Bertz CT molecular complexity index is 459. The Morgan fingerprint density at radius 2 is 2.37 bits per heavy atom. The van der Waals surface area contributed by atoms with E-state index in [0.29, 0.717) is 6.54 Å². The highest BCUT2D eigenvalue weighted by atomic mass is 16.5. The number of carbonyl (C=O) groups is 1. The van der Waals surface area contributed by atoms with Gasteiger partial charge in [0.05, 0.1) is 6.10 Å². The van der Waals surface area contributed by atoms with E-state index < -0.39 is 12.2 Å². The third kappa shape index (κ3) is 3.07. The SMILES string of the molecule is CCNC(=O)C(C)Oc1cccc2c1CCCC2O. The Morgan fingerprint density at radius 1 is 1.58 bits per heavy atom. The van der Waals surface area contributed by atoms with E-state index in [1.807, 2.05) is 25.1 Å². The van der Waals surface area contributed by atoms with Gasteiger partial charge in [0, 0.05) is 6.54 Å². The molecule has 1 aromatic carbocycles. The number of likely N-dealkylation sites (N-methyl/N-ethyl adjacent to an activating group) is 1.